The lowest BCUT2D eigenvalue weighted by Crippen LogP contribution is -2.13. The highest BCUT2D eigenvalue weighted by Crippen LogP contribution is 2.20. The van der Waals surface area contributed by atoms with E-state index in [4.69, 9.17) is 0 Å². The van der Waals surface area contributed by atoms with Gasteiger partial charge >= 0.3 is 5.97 Å². The molecule has 2 nitrogen and oxygen atoms in total. The van der Waals surface area contributed by atoms with Crippen molar-refractivity contribution in [3.05, 3.63) is 24.3 Å². The molecule has 0 atom stereocenters. The summed E-state index contributed by atoms with van der Waals surface area (Å²) in [5.41, 5.74) is 0. The molecule has 2 heteroatoms. The van der Waals surface area contributed by atoms with Crippen LogP contribution in [0.25, 0.3) is 0 Å². The van der Waals surface area contributed by atoms with E-state index < -0.39 is 5.97 Å². The topological polar surface area (TPSA) is 37.3 Å². The Kier molecular flexibility index (Phi) is 33.3. The van der Waals surface area contributed by atoms with E-state index in [1.54, 1.807) is 0 Å². The van der Waals surface area contributed by atoms with E-state index >= 15 is 0 Å². The van der Waals surface area contributed by atoms with E-state index in [0.717, 1.165) is 25.7 Å². The highest BCUT2D eigenvalue weighted by molar-refractivity contribution is 5.69. The maximum atomic E-state index is 11.7. The summed E-state index contributed by atoms with van der Waals surface area (Å²) < 4.78 is 0. The van der Waals surface area contributed by atoms with Crippen LogP contribution in [-0.2, 0) is 4.79 Å². The van der Waals surface area contributed by atoms with Gasteiger partial charge in [0.05, 0.1) is 5.92 Å². The van der Waals surface area contributed by atoms with Crippen LogP contribution in [0.1, 0.15) is 206 Å². The van der Waals surface area contributed by atoms with Gasteiger partial charge in [-0.1, -0.05) is 167 Å². The standard InChI is InChI=1S/C38H72O2/c1-3-5-7-9-11-13-15-17-19-21-23-25-27-29-31-33-35-37(38(39)40)36-34-32-30-28-26-24-22-20-18-16-14-12-10-8-6-4-2/h17-20,37H,3-16,21-36H2,1-2H3,(H,39,40)/b19-17-,20-18-. The molecule has 0 rings (SSSR count). The fourth-order valence-corrected chi connectivity index (χ4v) is 5.67. The Hall–Kier alpha value is -1.05. The molecular formula is C38H72O2. The van der Waals surface area contributed by atoms with E-state index in [-0.39, 0.29) is 5.92 Å². The minimum absolute atomic E-state index is 0.117. The number of hydrogen-bond acceptors (Lipinski definition) is 1. The summed E-state index contributed by atoms with van der Waals surface area (Å²) in [6.07, 6.45) is 47.9. The van der Waals surface area contributed by atoms with Gasteiger partial charge in [-0.3, -0.25) is 4.79 Å². The summed E-state index contributed by atoms with van der Waals surface area (Å²) in [7, 11) is 0. The molecule has 0 amide bonds. The van der Waals surface area contributed by atoms with Crippen molar-refractivity contribution in [2.45, 2.75) is 206 Å². The molecule has 0 aliphatic rings. The molecule has 0 aliphatic heterocycles. The normalized spacial score (nSPS) is 12.0. The second-order valence-corrected chi connectivity index (χ2v) is 12.5. The second kappa shape index (κ2) is 34.2. The van der Waals surface area contributed by atoms with Gasteiger partial charge in [-0.25, -0.2) is 0 Å². The molecule has 0 radical (unpaired) electrons. The van der Waals surface area contributed by atoms with E-state index in [2.05, 4.69) is 38.2 Å². The monoisotopic (exact) mass is 561 g/mol. The maximum absolute atomic E-state index is 11.7. The van der Waals surface area contributed by atoms with Crippen molar-refractivity contribution >= 4 is 5.97 Å². The fourth-order valence-electron chi connectivity index (χ4n) is 5.67. The van der Waals surface area contributed by atoms with Crippen molar-refractivity contribution < 1.29 is 9.90 Å². The van der Waals surface area contributed by atoms with Crippen LogP contribution in [0.4, 0.5) is 0 Å². The van der Waals surface area contributed by atoms with Crippen LogP contribution in [0, 0.1) is 5.92 Å². The first kappa shape index (κ1) is 39.0. The summed E-state index contributed by atoms with van der Waals surface area (Å²) in [4.78, 5) is 11.7. The van der Waals surface area contributed by atoms with Crippen molar-refractivity contribution in [2.75, 3.05) is 0 Å². The number of rotatable bonds is 33. The number of allylic oxidation sites excluding steroid dienone is 4. The summed E-state index contributed by atoms with van der Waals surface area (Å²) in [6.45, 7) is 4.55. The fraction of sp³-hybridized carbons (Fsp3) is 0.868. The van der Waals surface area contributed by atoms with Gasteiger partial charge in [0.2, 0.25) is 0 Å². The summed E-state index contributed by atoms with van der Waals surface area (Å²) in [6, 6.07) is 0. The molecule has 0 heterocycles. The number of carboxylic acids is 1. The molecular weight excluding hydrogens is 488 g/mol. The highest BCUT2D eigenvalue weighted by Gasteiger charge is 2.16. The van der Waals surface area contributed by atoms with Crippen LogP contribution in [0.15, 0.2) is 24.3 Å². The van der Waals surface area contributed by atoms with E-state index in [1.165, 1.54) is 167 Å². The Morgan fingerprint density at radius 1 is 0.425 bits per heavy atom. The zero-order chi connectivity index (χ0) is 29.2. The Balaban J connectivity index is 3.47. The second-order valence-electron chi connectivity index (χ2n) is 12.5. The van der Waals surface area contributed by atoms with E-state index in [1.807, 2.05) is 0 Å². The smallest absolute Gasteiger partial charge is 0.306 e. The molecule has 0 bridgehead atoms. The van der Waals surface area contributed by atoms with Gasteiger partial charge < -0.3 is 5.11 Å². The molecule has 40 heavy (non-hydrogen) atoms. The molecule has 0 aromatic heterocycles. The van der Waals surface area contributed by atoms with Gasteiger partial charge in [0.25, 0.3) is 0 Å². The van der Waals surface area contributed by atoms with Crippen LogP contribution in [0.2, 0.25) is 0 Å². The Morgan fingerprint density at radius 2 is 0.675 bits per heavy atom. The first-order valence-electron chi connectivity index (χ1n) is 18.2. The summed E-state index contributed by atoms with van der Waals surface area (Å²) in [5, 5.41) is 9.61. The number of hydrogen-bond donors (Lipinski definition) is 1. The van der Waals surface area contributed by atoms with Gasteiger partial charge in [0, 0.05) is 0 Å². The van der Waals surface area contributed by atoms with Crippen molar-refractivity contribution in [2.24, 2.45) is 5.92 Å². The lowest BCUT2D eigenvalue weighted by molar-refractivity contribution is -0.142. The first-order chi connectivity index (χ1) is 19.7. The third kappa shape index (κ3) is 31.5. The molecule has 0 saturated carbocycles. The van der Waals surface area contributed by atoms with Gasteiger partial charge in [-0.05, 0) is 64.2 Å². The number of carbonyl (C=O) groups is 1. The third-order valence-electron chi connectivity index (χ3n) is 8.48. The molecule has 0 unspecified atom stereocenters. The average Bonchev–Trinajstić information content (AvgIpc) is 2.95. The van der Waals surface area contributed by atoms with Gasteiger partial charge in [0.15, 0.2) is 0 Å². The molecule has 0 aromatic rings. The first-order valence-corrected chi connectivity index (χ1v) is 18.2. The quantitative estimate of drug-likeness (QED) is 0.0640. The lowest BCUT2D eigenvalue weighted by Gasteiger charge is -2.12. The van der Waals surface area contributed by atoms with Crippen LogP contribution in [0.5, 0.6) is 0 Å². The minimum atomic E-state index is -0.569. The average molecular weight is 561 g/mol. The highest BCUT2D eigenvalue weighted by atomic mass is 16.4. The predicted molar refractivity (Wildman–Crippen MR) is 179 cm³/mol. The van der Waals surface area contributed by atoms with Crippen molar-refractivity contribution in [3.63, 3.8) is 0 Å². The zero-order valence-corrected chi connectivity index (χ0v) is 27.5. The van der Waals surface area contributed by atoms with Crippen LogP contribution < -0.4 is 0 Å². The van der Waals surface area contributed by atoms with E-state index in [0.29, 0.717) is 0 Å². The third-order valence-corrected chi connectivity index (χ3v) is 8.48. The van der Waals surface area contributed by atoms with Gasteiger partial charge in [-0.15, -0.1) is 0 Å². The SMILES string of the molecule is CCCCCCCC/C=C\CCCCCCCCC(CCCCCCCC/C=C\CCCCCCCC)C(=O)O. The maximum Gasteiger partial charge on any atom is 0.306 e. The van der Waals surface area contributed by atoms with Crippen molar-refractivity contribution in [3.8, 4) is 0 Å². The van der Waals surface area contributed by atoms with Crippen LogP contribution >= 0.6 is 0 Å². The summed E-state index contributed by atoms with van der Waals surface area (Å²) in [5.74, 6) is -0.686. The zero-order valence-electron chi connectivity index (χ0n) is 27.5. The Labute approximate surface area is 252 Å². The van der Waals surface area contributed by atoms with Gasteiger partial charge in [-0.2, -0.15) is 0 Å². The van der Waals surface area contributed by atoms with Crippen LogP contribution in [0.3, 0.4) is 0 Å². The molecule has 0 aliphatic carbocycles. The number of unbranched alkanes of at least 4 members (excludes halogenated alkanes) is 24. The van der Waals surface area contributed by atoms with Crippen molar-refractivity contribution in [1.82, 2.24) is 0 Å². The van der Waals surface area contributed by atoms with E-state index in [9.17, 15) is 9.90 Å². The molecule has 236 valence electrons. The molecule has 0 spiro atoms. The number of carboxylic acid groups (broad SMARTS) is 1. The Morgan fingerprint density at radius 3 is 0.950 bits per heavy atom. The minimum Gasteiger partial charge on any atom is -0.481 e. The predicted octanol–water partition coefficient (Wildman–Crippen LogP) is 13.5. The lowest BCUT2D eigenvalue weighted by atomic mass is 9.94. The molecule has 0 saturated heterocycles. The Bertz CT molecular complexity index is 508. The molecule has 1 N–H and O–H groups in total. The number of aliphatic carboxylic acids is 1. The van der Waals surface area contributed by atoms with Crippen molar-refractivity contribution in [1.29, 1.82) is 0 Å². The largest absolute Gasteiger partial charge is 0.481 e. The van der Waals surface area contributed by atoms with Crippen LogP contribution in [-0.4, -0.2) is 11.1 Å². The molecule has 0 fully saturated rings. The molecule has 0 aromatic carbocycles. The van der Waals surface area contributed by atoms with Gasteiger partial charge in [0.1, 0.15) is 0 Å². The summed E-state index contributed by atoms with van der Waals surface area (Å²) >= 11 is 0.